The van der Waals surface area contributed by atoms with E-state index < -0.39 is 37.8 Å². The van der Waals surface area contributed by atoms with E-state index in [-0.39, 0.29) is 6.61 Å². The van der Waals surface area contributed by atoms with Gasteiger partial charge in [-0.25, -0.2) is 0 Å². The fourth-order valence-corrected chi connectivity index (χ4v) is 1.91. The van der Waals surface area contributed by atoms with Gasteiger partial charge >= 0.3 is 7.60 Å². The van der Waals surface area contributed by atoms with Crippen molar-refractivity contribution in [3.63, 3.8) is 0 Å². The quantitative estimate of drug-likeness (QED) is 0.343. The first-order chi connectivity index (χ1) is 8.74. The van der Waals surface area contributed by atoms with Crippen LogP contribution in [-0.2, 0) is 18.8 Å². The summed E-state index contributed by atoms with van der Waals surface area (Å²) in [6.45, 7) is -0.301. The first kappa shape index (κ1) is 16.4. The predicted octanol–water partition coefficient (Wildman–Crippen LogP) is -1.94. The van der Waals surface area contributed by atoms with Crippen LogP contribution in [0.15, 0.2) is 11.9 Å². The molecule has 0 aromatic carbocycles. The van der Waals surface area contributed by atoms with Gasteiger partial charge in [-0.3, -0.25) is 9.36 Å². The van der Waals surface area contributed by atoms with Crippen LogP contribution in [0.4, 0.5) is 0 Å². The molecule has 0 aromatic rings. The first-order valence-corrected chi connectivity index (χ1v) is 7.08. The summed E-state index contributed by atoms with van der Waals surface area (Å²) in [7, 11) is 2.65. The van der Waals surface area contributed by atoms with Crippen molar-refractivity contribution in [3.8, 4) is 0 Å². The summed E-state index contributed by atoms with van der Waals surface area (Å²) in [6, 6.07) is -0.994. The number of hydrogen-bond donors (Lipinski definition) is 4. The van der Waals surface area contributed by atoms with Gasteiger partial charge in [0.1, 0.15) is 32.8 Å². The fraction of sp³-hybridized carbons (Fsp3) is 0.667. The average Bonchev–Trinajstić information content (AvgIpc) is 2.58. The van der Waals surface area contributed by atoms with Crippen LogP contribution in [0.1, 0.15) is 0 Å². The number of carbonyl (C=O) groups is 1. The van der Waals surface area contributed by atoms with E-state index in [1.165, 1.54) is 7.05 Å². The molecular formula is C9H15BNO7P. The predicted molar refractivity (Wildman–Crippen MR) is 65.4 cm³/mol. The molecule has 1 unspecified atom stereocenters. The Labute approximate surface area is 111 Å². The zero-order valence-electron chi connectivity index (χ0n) is 10.2. The average molecular weight is 291 g/mol. The highest BCUT2D eigenvalue weighted by atomic mass is 31.2. The smallest absolute Gasteiger partial charge is 0.348 e. The molecule has 1 saturated heterocycles. The molecule has 1 rings (SSSR count). The first-order valence-electron chi connectivity index (χ1n) is 5.40. The van der Waals surface area contributed by atoms with Crippen LogP contribution in [-0.4, -0.2) is 66.6 Å². The molecule has 4 N–H and O–H groups in total. The van der Waals surface area contributed by atoms with Gasteiger partial charge in [-0.05, 0) is 6.08 Å². The third kappa shape index (κ3) is 5.06. The summed E-state index contributed by atoms with van der Waals surface area (Å²) in [5.74, 6) is 0.225. The highest BCUT2D eigenvalue weighted by Gasteiger charge is 2.40. The van der Waals surface area contributed by atoms with Crippen molar-refractivity contribution < 1.29 is 33.7 Å². The summed E-state index contributed by atoms with van der Waals surface area (Å²) >= 11 is 0. The molecule has 4 atom stereocenters. The zero-order valence-corrected chi connectivity index (χ0v) is 11.1. The normalized spacial score (nSPS) is 31.8. The molecule has 0 aliphatic carbocycles. The van der Waals surface area contributed by atoms with Gasteiger partial charge in [0.25, 0.3) is 0 Å². The van der Waals surface area contributed by atoms with Gasteiger partial charge in [-0.2, -0.15) is 0 Å². The number of ether oxygens (including phenoxy) is 2. The second-order valence-electron chi connectivity index (χ2n) is 3.94. The van der Waals surface area contributed by atoms with E-state index >= 15 is 0 Å². The second-order valence-corrected chi connectivity index (χ2v) is 5.41. The van der Waals surface area contributed by atoms with Crippen LogP contribution < -0.4 is 5.32 Å². The van der Waals surface area contributed by atoms with Crippen LogP contribution in [0.5, 0.6) is 0 Å². The highest BCUT2D eigenvalue weighted by molar-refractivity contribution is 7.55. The van der Waals surface area contributed by atoms with Gasteiger partial charge in [0.2, 0.25) is 5.91 Å². The summed E-state index contributed by atoms with van der Waals surface area (Å²) in [6.07, 6.45) is -2.15. The number of hydrogen-bond acceptors (Lipinski definition) is 5. The van der Waals surface area contributed by atoms with Crippen LogP contribution in [0.2, 0.25) is 0 Å². The Hall–Kier alpha value is -0.695. The van der Waals surface area contributed by atoms with Crippen molar-refractivity contribution in [1.82, 2.24) is 5.32 Å². The molecule has 1 aliphatic rings. The monoisotopic (exact) mass is 291 g/mol. The lowest BCUT2D eigenvalue weighted by molar-refractivity contribution is -0.129. The number of nitrogens with one attached hydrogen (secondary N) is 1. The number of aliphatic hydroxyl groups is 1. The molecule has 0 aromatic heterocycles. The number of carbonyl (C=O) groups excluding carboxylic acids is 1. The topological polar surface area (TPSA) is 125 Å². The van der Waals surface area contributed by atoms with Crippen molar-refractivity contribution in [1.29, 1.82) is 0 Å². The number of rotatable bonds is 5. The van der Waals surface area contributed by atoms with Crippen LogP contribution >= 0.6 is 7.60 Å². The maximum absolute atomic E-state index is 11.0. The van der Waals surface area contributed by atoms with Crippen LogP contribution in [0.25, 0.3) is 0 Å². The largest absolute Gasteiger partial charge is 0.387 e. The van der Waals surface area contributed by atoms with E-state index in [1.807, 2.05) is 0 Å². The summed E-state index contributed by atoms with van der Waals surface area (Å²) in [5, 5.41) is 12.2. The Bertz CT molecular complexity index is 398. The minimum absolute atomic E-state index is 0.301. The summed E-state index contributed by atoms with van der Waals surface area (Å²) in [4.78, 5) is 28.4. The minimum Gasteiger partial charge on any atom is -0.387 e. The lowest BCUT2D eigenvalue weighted by Crippen LogP contribution is -2.38. The molecule has 2 radical (unpaired) electrons. The highest BCUT2D eigenvalue weighted by Crippen LogP contribution is 2.37. The molecule has 0 spiro atoms. The van der Waals surface area contributed by atoms with Crippen molar-refractivity contribution in [2.24, 2.45) is 0 Å². The zero-order chi connectivity index (χ0) is 14.6. The molecule has 106 valence electrons. The molecule has 8 nitrogen and oxygen atoms in total. The Morgan fingerprint density at radius 1 is 1.58 bits per heavy atom. The SMILES string of the molecule is [B][C@@H]1O[C@H](/C=C/P(=O)(O)O)[C@H](O)C1OCC(=O)NC. The molecule has 1 heterocycles. The Kier molecular flexibility index (Phi) is 5.72. The number of likely N-dealkylation sites (N-methyl/N-ethyl adjacent to an activating group) is 1. The molecule has 1 fully saturated rings. The van der Waals surface area contributed by atoms with E-state index in [9.17, 15) is 14.5 Å². The molecular weight excluding hydrogens is 276 g/mol. The molecule has 10 heteroatoms. The van der Waals surface area contributed by atoms with Crippen molar-refractivity contribution in [2.75, 3.05) is 13.7 Å². The third-order valence-corrected chi connectivity index (χ3v) is 3.03. The Morgan fingerprint density at radius 3 is 2.74 bits per heavy atom. The summed E-state index contributed by atoms with van der Waals surface area (Å²) in [5.41, 5.74) is 0. The molecule has 19 heavy (non-hydrogen) atoms. The van der Waals surface area contributed by atoms with E-state index in [2.05, 4.69) is 5.32 Å². The summed E-state index contributed by atoms with van der Waals surface area (Å²) < 4.78 is 20.9. The maximum atomic E-state index is 11.0. The van der Waals surface area contributed by atoms with Gasteiger partial charge in [-0.15, -0.1) is 0 Å². The molecule has 0 saturated carbocycles. The Morgan fingerprint density at radius 2 is 2.21 bits per heavy atom. The van der Waals surface area contributed by atoms with E-state index in [4.69, 9.17) is 27.1 Å². The van der Waals surface area contributed by atoms with Gasteiger partial charge in [-0.1, -0.05) is 0 Å². The second kappa shape index (κ2) is 6.65. The van der Waals surface area contributed by atoms with Crippen molar-refractivity contribution in [3.05, 3.63) is 11.9 Å². The fourth-order valence-electron chi connectivity index (χ4n) is 1.51. The van der Waals surface area contributed by atoms with Crippen molar-refractivity contribution >= 4 is 21.3 Å². The third-order valence-electron chi connectivity index (χ3n) is 2.47. The van der Waals surface area contributed by atoms with Gasteiger partial charge in [0.15, 0.2) is 0 Å². The molecule has 0 bridgehead atoms. The van der Waals surface area contributed by atoms with Gasteiger partial charge in [0, 0.05) is 18.9 Å². The van der Waals surface area contributed by atoms with E-state index in [0.29, 0.717) is 5.82 Å². The Balaban J connectivity index is 2.60. The maximum Gasteiger partial charge on any atom is 0.348 e. The van der Waals surface area contributed by atoms with Crippen LogP contribution in [0.3, 0.4) is 0 Å². The van der Waals surface area contributed by atoms with E-state index in [0.717, 1.165) is 6.08 Å². The molecule has 1 amide bonds. The lowest BCUT2D eigenvalue weighted by atomic mass is 9.93. The number of aliphatic hydroxyl groups excluding tert-OH is 1. The van der Waals surface area contributed by atoms with E-state index in [1.54, 1.807) is 0 Å². The van der Waals surface area contributed by atoms with Gasteiger partial charge in [0.05, 0.1) is 0 Å². The molecule has 1 aliphatic heterocycles. The number of amides is 1. The van der Waals surface area contributed by atoms with Crippen LogP contribution in [0, 0.1) is 0 Å². The van der Waals surface area contributed by atoms with Crippen molar-refractivity contribution in [2.45, 2.75) is 24.3 Å². The lowest BCUT2D eigenvalue weighted by Gasteiger charge is -2.18. The van der Waals surface area contributed by atoms with Gasteiger partial charge < -0.3 is 29.7 Å². The minimum atomic E-state index is -4.34. The standard InChI is InChI=1S/C9H15BNO7P/c1-11-6(12)4-17-8-7(13)5(18-9(8)10)2-3-19(14,15)16/h2-3,5,7-9,13H,4H2,1H3,(H,11,12)(H2,14,15,16)/b3-2+/t5-,7+,8?,9-/m1/s1.